The maximum Gasteiger partial charge on any atom is 0.302 e. The van der Waals surface area contributed by atoms with E-state index in [1.54, 1.807) is 0 Å². The summed E-state index contributed by atoms with van der Waals surface area (Å²) in [6.07, 6.45) is -0.629. The van der Waals surface area contributed by atoms with Gasteiger partial charge in [0, 0.05) is 18.8 Å². The molecule has 0 aromatic heterocycles. The third-order valence-electron chi connectivity index (χ3n) is 2.67. The molecule has 0 amide bonds. The first-order valence-corrected chi connectivity index (χ1v) is 4.13. The Morgan fingerprint density at radius 2 is 2.50 bits per heavy atom. The average molecular weight is 172 g/mol. The highest BCUT2D eigenvalue weighted by Crippen LogP contribution is 2.53. The molecule has 12 heavy (non-hydrogen) atoms. The van der Waals surface area contributed by atoms with Gasteiger partial charge in [-0.3, -0.25) is 4.79 Å². The lowest BCUT2D eigenvalue weighted by Gasteiger charge is -2.08. The van der Waals surface area contributed by atoms with Gasteiger partial charge in [0.15, 0.2) is 6.29 Å². The quantitative estimate of drug-likeness (QED) is 0.584. The summed E-state index contributed by atoms with van der Waals surface area (Å²) < 4.78 is 9.81. The lowest BCUT2D eigenvalue weighted by atomic mass is 10.3. The van der Waals surface area contributed by atoms with Gasteiger partial charge >= 0.3 is 5.97 Å². The van der Waals surface area contributed by atoms with Crippen LogP contribution in [-0.4, -0.2) is 30.6 Å². The van der Waals surface area contributed by atoms with Crippen LogP contribution in [0.1, 0.15) is 6.92 Å². The summed E-state index contributed by atoms with van der Waals surface area (Å²) in [4.78, 5) is 10.5. The Bertz CT molecular complexity index is 203. The molecule has 2 aliphatic rings. The van der Waals surface area contributed by atoms with E-state index in [0.717, 1.165) is 0 Å². The van der Waals surface area contributed by atoms with Crippen molar-refractivity contribution in [1.82, 2.24) is 0 Å². The predicted octanol–water partition coefficient (Wildman–Crippen LogP) is -0.240. The SMILES string of the molecule is CC(=O)OC[C@@H]1[C@@H]2CO[C@H](O)[C@H]12. The Morgan fingerprint density at radius 3 is 3.00 bits per heavy atom. The Kier molecular flexibility index (Phi) is 1.81. The molecule has 4 atom stereocenters. The first-order chi connectivity index (χ1) is 5.70. The largest absolute Gasteiger partial charge is 0.466 e. The van der Waals surface area contributed by atoms with Gasteiger partial charge in [0.2, 0.25) is 0 Å². The number of esters is 1. The monoisotopic (exact) mass is 172 g/mol. The van der Waals surface area contributed by atoms with Crippen molar-refractivity contribution in [3.63, 3.8) is 0 Å². The second-order valence-electron chi connectivity index (χ2n) is 3.43. The standard InChI is InChI=1S/C8H12O4/c1-4(9)11-2-5-6-3-12-8(10)7(5)6/h5-8,10H,2-3H2,1H3/t5-,6+,7-,8+/m1/s1. The molecule has 1 saturated carbocycles. The van der Waals surface area contributed by atoms with Gasteiger partial charge in [0.25, 0.3) is 0 Å². The van der Waals surface area contributed by atoms with E-state index in [2.05, 4.69) is 0 Å². The molecule has 1 heterocycles. The van der Waals surface area contributed by atoms with Crippen LogP contribution >= 0.6 is 0 Å². The molecule has 2 fully saturated rings. The number of carbonyl (C=O) groups is 1. The molecular formula is C8H12O4. The number of fused-ring (bicyclic) bond motifs is 1. The van der Waals surface area contributed by atoms with E-state index in [0.29, 0.717) is 25.0 Å². The fourth-order valence-electron chi connectivity index (χ4n) is 1.90. The van der Waals surface area contributed by atoms with E-state index in [-0.39, 0.29) is 11.9 Å². The summed E-state index contributed by atoms with van der Waals surface area (Å²) in [6.45, 7) is 2.44. The maximum absolute atomic E-state index is 10.5. The minimum absolute atomic E-state index is 0.212. The summed E-state index contributed by atoms with van der Waals surface area (Å²) in [5, 5.41) is 9.21. The van der Waals surface area contributed by atoms with Crippen LogP contribution in [0.15, 0.2) is 0 Å². The molecule has 0 radical (unpaired) electrons. The van der Waals surface area contributed by atoms with Gasteiger partial charge < -0.3 is 14.6 Å². The zero-order chi connectivity index (χ0) is 8.72. The molecule has 0 spiro atoms. The lowest BCUT2D eigenvalue weighted by Crippen LogP contribution is -2.15. The van der Waals surface area contributed by atoms with Crippen molar-refractivity contribution in [3.05, 3.63) is 0 Å². The molecule has 0 aromatic carbocycles. The van der Waals surface area contributed by atoms with E-state index in [1.807, 2.05) is 0 Å². The van der Waals surface area contributed by atoms with Crippen LogP contribution in [0.2, 0.25) is 0 Å². The van der Waals surface area contributed by atoms with Gasteiger partial charge in [-0.2, -0.15) is 0 Å². The van der Waals surface area contributed by atoms with Gasteiger partial charge in [0.05, 0.1) is 13.2 Å². The van der Waals surface area contributed by atoms with Crippen molar-refractivity contribution in [3.8, 4) is 0 Å². The number of ether oxygens (including phenoxy) is 2. The Balaban J connectivity index is 1.77. The molecule has 0 bridgehead atoms. The second-order valence-corrected chi connectivity index (χ2v) is 3.43. The summed E-state index contributed by atoms with van der Waals surface area (Å²) in [7, 11) is 0. The molecule has 0 unspecified atom stereocenters. The van der Waals surface area contributed by atoms with Crippen LogP contribution in [0.3, 0.4) is 0 Å². The Morgan fingerprint density at radius 1 is 1.75 bits per heavy atom. The Hall–Kier alpha value is -0.610. The third-order valence-corrected chi connectivity index (χ3v) is 2.67. The normalized spacial score (nSPS) is 43.8. The second kappa shape index (κ2) is 2.71. The summed E-state index contributed by atoms with van der Waals surface area (Å²) in [5.74, 6) is 0.705. The summed E-state index contributed by atoms with van der Waals surface area (Å²) in [5.41, 5.74) is 0. The maximum atomic E-state index is 10.5. The number of rotatable bonds is 2. The van der Waals surface area contributed by atoms with Crippen molar-refractivity contribution in [2.45, 2.75) is 13.2 Å². The van der Waals surface area contributed by atoms with Crippen molar-refractivity contribution in [2.75, 3.05) is 13.2 Å². The predicted molar refractivity (Wildman–Crippen MR) is 39.1 cm³/mol. The number of hydrogen-bond donors (Lipinski definition) is 1. The number of aliphatic hydroxyl groups excluding tert-OH is 1. The van der Waals surface area contributed by atoms with E-state index >= 15 is 0 Å². The minimum Gasteiger partial charge on any atom is -0.466 e. The van der Waals surface area contributed by atoms with Crippen molar-refractivity contribution in [2.24, 2.45) is 17.8 Å². The van der Waals surface area contributed by atoms with E-state index in [9.17, 15) is 9.90 Å². The fraction of sp³-hybridized carbons (Fsp3) is 0.875. The zero-order valence-corrected chi connectivity index (χ0v) is 6.90. The zero-order valence-electron chi connectivity index (χ0n) is 6.90. The van der Waals surface area contributed by atoms with Gasteiger partial charge in [-0.1, -0.05) is 0 Å². The average Bonchev–Trinajstić information content (AvgIpc) is 2.58. The lowest BCUT2D eigenvalue weighted by molar-refractivity contribution is -0.143. The highest BCUT2D eigenvalue weighted by atomic mass is 16.6. The molecule has 1 aliphatic heterocycles. The molecule has 0 aromatic rings. The van der Waals surface area contributed by atoms with E-state index in [4.69, 9.17) is 9.47 Å². The van der Waals surface area contributed by atoms with Gasteiger partial charge in [-0.25, -0.2) is 0 Å². The smallest absolute Gasteiger partial charge is 0.302 e. The fourth-order valence-corrected chi connectivity index (χ4v) is 1.90. The first kappa shape index (κ1) is 8.01. The van der Waals surface area contributed by atoms with Crippen LogP contribution < -0.4 is 0 Å². The topological polar surface area (TPSA) is 55.8 Å². The first-order valence-electron chi connectivity index (χ1n) is 4.13. The van der Waals surface area contributed by atoms with Crippen molar-refractivity contribution < 1.29 is 19.4 Å². The highest BCUT2D eigenvalue weighted by Gasteiger charge is 2.59. The number of hydrogen-bond acceptors (Lipinski definition) is 4. The number of aliphatic hydroxyl groups is 1. The van der Waals surface area contributed by atoms with Gasteiger partial charge in [0.1, 0.15) is 0 Å². The summed E-state index contributed by atoms with van der Waals surface area (Å²) >= 11 is 0. The molecular weight excluding hydrogens is 160 g/mol. The third kappa shape index (κ3) is 1.21. The van der Waals surface area contributed by atoms with E-state index in [1.165, 1.54) is 6.92 Å². The molecule has 68 valence electrons. The molecule has 1 N–H and O–H groups in total. The van der Waals surface area contributed by atoms with E-state index < -0.39 is 6.29 Å². The van der Waals surface area contributed by atoms with Crippen LogP contribution in [-0.2, 0) is 14.3 Å². The summed E-state index contributed by atoms with van der Waals surface area (Å²) in [6, 6.07) is 0. The van der Waals surface area contributed by atoms with Crippen LogP contribution in [0.4, 0.5) is 0 Å². The van der Waals surface area contributed by atoms with Gasteiger partial charge in [-0.05, 0) is 5.92 Å². The minimum atomic E-state index is -0.629. The molecule has 1 aliphatic carbocycles. The van der Waals surface area contributed by atoms with Crippen molar-refractivity contribution in [1.29, 1.82) is 0 Å². The highest BCUT2D eigenvalue weighted by molar-refractivity contribution is 5.65. The molecule has 4 nitrogen and oxygen atoms in total. The van der Waals surface area contributed by atoms with Crippen molar-refractivity contribution >= 4 is 5.97 Å². The van der Waals surface area contributed by atoms with Crippen LogP contribution in [0, 0.1) is 17.8 Å². The molecule has 4 heteroatoms. The van der Waals surface area contributed by atoms with Gasteiger partial charge in [-0.15, -0.1) is 0 Å². The van der Waals surface area contributed by atoms with Crippen LogP contribution in [0.5, 0.6) is 0 Å². The van der Waals surface area contributed by atoms with Crippen LogP contribution in [0.25, 0.3) is 0 Å². The molecule has 2 rings (SSSR count). The molecule has 1 saturated heterocycles. The Labute approximate surface area is 70.5 Å². The number of carbonyl (C=O) groups excluding carboxylic acids is 1.